The van der Waals surface area contributed by atoms with Crippen molar-refractivity contribution < 1.29 is 9.53 Å². The Hall–Kier alpha value is -3.34. The molecule has 2 aromatic carbocycles. The van der Waals surface area contributed by atoms with Crippen LogP contribution >= 0.6 is 0 Å². The van der Waals surface area contributed by atoms with E-state index in [1.807, 2.05) is 47.4 Å². The molecule has 0 radical (unpaired) electrons. The van der Waals surface area contributed by atoms with E-state index in [9.17, 15) is 9.59 Å². The molecule has 146 valence electrons. The fraction of sp³-hybridized carbons (Fsp3) is 0.250. The lowest BCUT2D eigenvalue weighted by molar-refractivity contribution is 0.0725. The van der Waals surface area contributed by atoms with Crippen molar-refractivity contribution in [3.8, 4) is 5.75 Å². The van der Waals surface area contributed by atoms with Gasteiger partial charge in [-0.05, 0) is 37.1 Å². The number of carbonyl (C=O) groups is 1. The highest BCUT2D eigenvalue weighted by atomic mass is 16.5. The minimum Gasteiger partial charge on any atom is -0.483 e. The van der Waals surface area contributed by atoms with Crippen LogP contribution in [0.15, 0.2) is 65.5 Å². The van der Waals surface area contributed by atoms with Crippen molar-refractivity contribution in [1.29, 1.82) is 0 Å². The normalized spacial score (nSPS) is 20.9. The fourth-order valence-corrected chi connectivity index (χ4v) is 4.29. The Morgan fingerprint density at radius 3 is 2.79 bits per heavy atom. The number of hydrogen-bond acceptors (Lipinski definition) is 3. The van der Waals surface area contributed by atoms with Gasteiger partial charge in [0.2, 0.25) is 0 Å². The van der Waals surface area contributed by atoms with E-state index in [0.29, 0.717) is 29.7 Å². The number of para-hydroxylation sites is 2. The van der Waals surface area contributed by atoms with Gasteiger partial charge in [0.1, 0.15) is 17.0 Å². The maximum atomic E-state index is 13.1. The largest absolute Gasteiger partial charge is 0.483 e. The number of aromatic amines is 1. The summed E-state index contributed by atoms with van der Waals surface area (Å²) >= 11 is 0. The predicted octanol–water partition coefficient (Wildman–Crippen LogP) is 4.00. The standard InChI is InChI=1S/C24H22N2O3/c27-21-16-20(25-19-8-3-2-7-18(19)21)23(28)26-14-5-11-24(13-15-26)12-10-17-6-1-4-9-22(17)29-24/h1-4,6-10,12,16H,5,11,13-15H2,(H,25,27)/t24-/m0/s1. The number of nitrogens with zero attached hydrogens (tertiary/aromatic N) is 1. The van der Waals surface area contributed by atoms with Crippen molar-refractivity contribution in [3.05, 3.63) is 82.2 Å². The van der Waals surface area contributed by atoms with Crippen LogP contribution in [0.3, 0.4) is 0 Å². The smallest absolute Gasteiger partial charge is 0.270 e. The van der Waals surface area contributed by atoms with E-state index in [0.717, 1.165) is 30.6 Å². The molecule has 1 N–H and O–H groups in total. The molecule has 1 saturated heterocycles. The lowest BCUT2D eigenvalue weighted by atomic mass is 9.91. The van der Waals surface area contributed by atoms with Crippen molar-refractivity contribution in [2.24, 2.45) is 0 Å². The molecular formula is C24H22N2O3. The van der Waals surface area contributed by atoms with E-state index < -0.39 is 0 Å². The zero-order valence-electron chi connectivity index (χ0n) is 16.1. The quantitative estimate of drug-likeness (QED) is 0.688. The monoisotopic (exact) mass is 386 g/mol. The van der Waals surface area contributed by atoms with Crippen LogP contribution in [0.25, 0.3) is 17.0 Å². The molecule has 5 nitrogen and oxygen atoms in total. The van der Waals surface area contributed by atoms with Gasteiger partial charge in [-0.2, -0.15) is 0 Å². The Bertz CT molecular complexity index is 1180. The summed E-state index contributed by atoms with van der Waals surface area (Å²) in [5.41, 5.74) is 1.60. The first kappa shape index (κ1) is 17.7. The molecule has 2 aliphatic heterocycles. The number of rotatable bonds is 1. The molecule has 2 aliphatic rings. The molecule has 0 saturated carbocycles. The first-order valence-electron chi connectivity index (χ1n) is 10.0. The van der Waals surface area contributed by atoms with Gasteiger partial charge in [0, 0.05) is 42.0 Å². The molecule has 3 heterocycles. The van der Waals surface area contributed by atoms with Crippen LogP contribution < -0.4 is 10.2 Å². The van der Waals surface area contributed by atoms with E-state index in [-0.39, 0.29) is 16.9 Å². The third-order valence-corrected chi connectivity index (χ3v) is 5.89. The highest BCUT2D eigenvalue weighted by Crippen LogP contribution is 2.37. The molecule has 0 bridgehead atoms. The molecule has 0 aliphatic carbocycles. The van der Waals surface area contributed by atoms with Crippen molar-refractivity contribution in [1.82, 2.24) is 9.88 Å². The first-order valence-corrected chi connectivity index (χ1v) is 10.0. The summed E-state index contributed by atoms with van der Waals surface area (Å²) in [5.74, 6) is 0.763. The minimum atomic E-state index is -0.375. The number of fused-ring (bicyclic) bond motifs is 2. The Morgan fingerprint density at radius 1 is 1.03 bits per heavy atom. The van der Waals surface area contributed by atoms with Gasteiger partial charge in [0.05, 0.1) is 0 Å². The number of pyridine rings is 1. The van der Waals surface area contributed by atoms with Gasteiger partial charge in [-0.3, -0.25) is 9.59 Å². The Morgan fingerprint density at radius 2 is 1.86 bits per heavy atom. The van der Waals surface area contributed by atoms with Crippen LogP contribution in [0.4, 0.5) is 0 Å². The highest BCUT2D eigenvalue weighted by Gasteiger charge is 2.36. The maximum absolute atomic E-state index is 13.1. The summed E-state index contributed by atoms with van der Waals surface area (Å²) in [6.45, 7) is 1.23. The number of hydrogen-bond donors (Lipinski definition) is 1. The molecule has 1 spiro atoms. The van der Waals surface area contributed by atoms with Gasteiger partial charge < -0.3 is 14.6 Å². The highest BCUT2D eigenvalue weighted by molar-refractivity contribution is 5.94. The van der Waals surface area contributed by atoms with Crippen LogP contribution in [0.1, 0.15) is 35.3 Å². The Kier molecular flexibility index (Phi) is 4.23. The number of ether oxygens (including phenoxy) is 1. The third kappa shape index (κ3) is 3.23. The zero-order chi connectivity index (χ0) is 19.8. The predicted molar refractivity (Wildman–Crippen MR) is 113 cm³/mol. The number of nitrogens with one attached hydrogen (secondary N) is 1. The number of amides is 1. The number of aromatic nitrogens is 1. The fourth-order valence-electron chi connectivity index (χ4n) is 4.29. The SMILES string of the molecule is O=C(c1cc(=O)c2ccccc2[nH]1)N1CCC[C@]2(C=Cc3ccccc3O2)CC1. The van der Waals surface area contributed by atoms with Gasteiger partial charge in [-0.15, -0.1) is 0 Å². The molecule has 1 aromatic heterocycles. The van der Waals surface area contributed by atoms with Crippen LogP contribution in [0.2, 0.25) is 0 Å². The number of carbonyl (C=O) groups excluding carboxylic acids is 1. The van der Waals surface area contributed by atoms with Crippen LogP contribution in [0, 0.1) is 0 Å². The lowest BCUT2D eigenvalue weighted by Gasteiger charge is -2.34. The Labute approximate surface area is 168 Å². The molecular weight excluding hydrogens is 364 g/mol. The van der Waals surface area contributed by atoms with E-state index in [1.54, 1.807) is 6.07 Å². The van der Waals surface area contributed by atoms with E-state index in [2.05, 4.69) is 17.1 Å². The summed E-state index contributed by atoms with van der Waals surface area (Å²) in [6.07, 6.45) is 6.69. The van der Waals surface area contributed by atoms with Crippen molar-refractivity contribution in [2.45, 2.75) is 24.9 Å². The van der Waals surface area contributed by atoms with Crippen molar-refractivity contribution in [2.75, 3.05) is 13.1 Å². The van der Waals surface area contributed by atoms with Crippen molar-refractivity contribution in [3.63, 3.8) is 0 Å². The van der Waals surface area contributed by atoms with Gasteiger partial charge in [-0.1, -0.05) is 36.4 Å². The first-order chi connectivity index (χ1) is 14.1. The second kappa shape index (κ2) is 6.92. The van der Waals surface area contributed by atoms with E-state index >= 15 is 0 Å². The summed E-state index contributed by atoms with van der Waals surface area (Å²) < 4.78 is 6.37. The molecule has 0 unspecified atom stereocenters. The summed E-state index contributed by atoms with van der Waals surface area (Å²) in [7, 11) is 0. The van der Waals surface area contributed by atoms with E-state index in [1.165, 1.54) is 6.07 Å². The topological polar surface area (TPSA) is 62.4 Å². The molecule has 29 heavy (non-hydrogen) atoms. The van der Waals surface area contributed by atoms with Crippen molar-refractivity contribution >= 4 is 22.9 Å². The number of benzene rings is 2. The average Bonchev–Trinajstić information content (AvgIpc) is 2.95. The maximum Gasteiger partial charge on any atom is 0.270 e. The Balaban J connectivity index is 1.38. The molecule has 1 amide bonds. The van der Waals surface area contributed by atoms with E-state index in [4.69, 9.17) is 4.74 Å². The van der Waals surface area contributed by atoms with Gasteiger partial charge in [-0.25, -0.2) is 0 Å². The van der Waals surface area contributed by atoms with Gasteiger partial charge in [0.15, 0.2) is 5.43 Å². The van der Waals surface area contributed by atoms with Gasteiger partial charge in [0.25, 0.3) is 5.91 Å². The summed E-state index contributed by atoms with van der Waals surface area (Å²) in [4.78, 5) is 30.5. The molecule has 1 fully saturated rings. The zero-order valence-corrected chi connectivity index (χ0v) is 16.1. The average molecular weight is 386 g/mol. The lowest BCUT2D eigenvalue weighted by Crippen LogP contribution is -2.38. The number of likely N-dealkylation sites (tertiary alicyclic amines) is 1. The molecule has 3 aromatic rings. The van der Waals surface area contributed by atoms with Crippen LogP contribution in [0.5, 0.6) is 5.75 Å². The minimum absolute atomic E-state index is 0.134. The molecule has 5 rings (SSSR count). The third-order valence-electron chi connectivity index (χ3n) is 5.89. The second-order valence-corrected chi connectivity index (χ2v) is 7.78. The van der Waals surface area contributed by atoms with Gasteiger partial charge >= 0.3 is 0 Å². The van der Waals surface area contributed by atoms with Crippen LogP contribution in [-0.4, -0.2) is 34.5 Å². The molecule has 1 atom stereocenters. The van der Waals surface area contributed by atoms with Crippen LogP contribution in [-0.2, 0) is 0 Å². The summed E-state index contributed by atoms with van der Waals surface area (Å²) in [6, 6.07) is 16.7. The second-order valence-electron chi connectivity index (χ2n) is 7.78. The molecule has 5 heteroatoms. The summed E-state index contributed by atoms with van der Waals surface area (Å²) in [5, 5.41) is 0.596. The number of H-pyrrole nitrogens is 1.